The summed E-state index contributed by atoms with van der Waals surface area (Å²) in [7, 11) is 0. The fourth-order valence-corrected chi connectivity index (χ4v) is 2.08. The average molecular weight is 314 g/mol. The Bertz CT molecular complexity index is 644. The maximum Gasteiger partial charge on any atom is 0.338 e. The van der Waals surface area contributed by atoms with Crippen LogP contribution in [0, 0.1) is 0 Å². The molecular weight excluding hydrogens is 296 g/mol. The van der Waals surface area contributed by atoms with E-state index in [1.807, 2.05) is 36.4 Å². The highest BCUT2D eigenvalue weighted by molar-refractivity contribution is 7.80. The van der Waals surface area contributed by atoms with Crippen molar-refractivity contribution in [1.82, 2.24) is 5.32 Å². The molecule has 5 heteroatoms. The van der Waals surface area contributed by atoms with Gasteiger partial charge in [0.05, 0.1) is 12.2 Å². The Hall–Kier alpha value is -2.40. The van der Waals surface area contributed by atoms with E-state index in [0.29, 0.717) is 23.8 Å². The molecule has 2 rings (SSSR count). The number of hydrogen-bond donors (Lipinski definition) is 2. The molecule has 0 unspecified atom stereocenters. The second-order valence-electron chi connectivity index (χ2n) is 4.59. The summed E-state index contributed by atoms with van der Waals surface area (Å²) in [5.41, 5.74) is 2.39. The molecule has 0 saturated heterocycles. The van der Waals surface area contributed by atoms with Gasteiger partial charge in [-0.1, -0.05) is 36.4 Å². The fourth-order valence-electron chi connectivity index (χ4n) is 1.89. The third-order valence-electron chi connectivity index (χ3n) is 2.93. The van der Waals surface area contributed by atoms with Crippen LogP contribution in [0.5, 0.6) is 0 Å². The summed E-state index contributed by atoms with van der Waals surface area (Å²) in [6.07, 6.45) is 0. The van der Waals surface area contributed by atoms with Gasteiger partial charge in [0.1, 0.15) is 0 Å². The predicted octanol–water partition coefficient (Wildman–Crippen LogP) is 3.35. The van der Waals surface area contributed by atoms with Gasteiger partial charge < -0.3 is 15.4 Å². The molecule has 2 N–H and O–H groups in total. The van der Waals surface area contributed by atoms with Gasteiger partial charge in [0.2, 0.25) is 0 Å². The quantitative estimate of drug-likeness (QED) is 0.655. The van der Waals surface area contributed by atoms with Crippen molar-refractivity contribution < 1.29 is 9.53 Å². The lowest BCUT2D eigenvalue weighted by Gasteiger charge is -2.11. The molecule has 0 bridgehead atoms. The number of esters is 1. The molecule has 0 aliphatic heterocycles. The molecule has 2 aromatic rings. The highest BCUT2D eigenvalue weighted by Crippen LogP contribution is 2.11. The van der Waals surface area contributed by atoms with Crippen LogP contribution in [-0.2, 0) is 11.3 Å². The van der Waals surface area contributed by atoms with Crippen molar-refractivity contribution in [1.29, 1.82) is 0 Å². The molecule has 0 spiro atoms. The minimum Gasteiger partial charge on any atom is -0.462 e. The van der Waals surface area contributed by atoms with Crippen molar-refractivity contribution in [2.45, 2.75) is 13.5 Å². The Labute approximate surface area is 135 Å². The number of carbonyl (C=O) groups is 1. The molecule has 0 saturated carbocycles. The highest BCUT2D eigenvalue weighted by atomic mass is 32.1. The van der Waals surface area contributed by atoms with Gasteiger partial charge in [0, 0.05) is 12.2 Å². The number of rotatable bonds is 5. The summed E-state index contributed by atoms with van der Waals surface area (Å²) in [5, 5.41) is 6.69. The van der Waals surface area contributed by atoms with Gasteiger partial charge in [-0.2, -0.15) is 0 Å². The first kappa shape index (κ1) is 16.0. The molecule has 0 atom stereocenters. The lowest BCUT2D eigenvalue weighted by Crippen LogP contribution is -2.27. The smallest absolute Gasteiger partial charge is 0.338 e. The lowest BCUT2D eigenvalue weighted by atomic mass is 10.2. The molecule has 0 amide bonds. The monoisotopic (exact) mass is 314 g/mol. The van der Waals surface area contributed by atoms with E-state index in [-0.39, 0.29) is 5.97 Å². The summed E-state index contributed by atoms with van der Waals surface area (Å²) in [5.74, 6) is -0.339. The van der Waals surface area contributed by atoms with Gasteiger partial charge >= 0.3 is 5.97 Å². The normalized spacial score (nSPS) is 9.86. The van der Waals surface area contributed by atoms with E-state index >= 15 is 0 Å². The van der Waals surface area contributed by atoms with E-state index in [4.69, 9.17) is 17.0 Å². The van der Waals surface area contributed by atoms with Gasteiger partial charge in [-0.15, -0.1) is 0 Å². The number of thiocarbonyl (C=S) groups is 1. The van der Waals surface area contributed by atoms with Crippen LogP contribution < -0.4 is 10.6 Å². The minimum atomic E-state index is -0.339. The predicted molar refractivity (Wildman–Crippen MR) is 91.9 cm³/mol. The first-order valence-electron chi connectivity index (χ1n) is 7.05. The number of carbonyl (C=O) groups excluding carboxylic acids is 1. The Balaban J connectivity index is 1.91. The van der Waals surface area contributed by atoms with E-state index in [2.05, 4.69) is 10.6 Å². The highest BCUT2D eigenvalue weighted by Gasteiger charge is 2.07. The summed E-state index contributed by atoms with van der Waals surface area (Å²) >= 11 is 5.26. The van der Waals surface area contributed by atoms with Gasteiger partial charge in [0.15, 0.2) is 5.11 Å². The van der Waals surface area contributed by atoms with Crippen molar-refractivity contribution in [3.8, 4) is 0 Å². The number of anilines is 1. The van der Waals surface area contributed by atoms with E-state index in [0.717, 1.165) is 11.3 Å². The van der Waals surface area contributed by atoms with Crippen molar-refractivity contribution in [3.63, 3.8) is 0 Å². The van der Waals surface area contributed by atoms with Crippen molar-refractivity contribution in [2.75, 3.05) is 11.9 Å². The third kappa shape index (κ3) is 4.86. The second kappa shape index (κ2) is 8.14. The molecule has 0 aromatic heterocycles. The summed E-state index contributed by atoms with van der Waals surface area (Å²) in [6, 6.07) is 17.0. The number of nitrogens with one attached hydrogen (secondary N) is 2. The number of ether oxygens (including phenoxy) is 1. The molecule has 0 radical (unpaired) electrons. The molecule has 4 nitrogen and oxygen atoms in total. The average Bonchev–Trinajstić information content (AvgIpc) is 2.54. The Kier molecular flexibility index (Phi) is 5.91. The molecule has 114 valence electrons. The van der Waals surface area contributed by atoms with E-state index in [1.54, 1.807) is 25.1 Å². The van der Waals surface area contributed by atoms with Crippen LogP contribution in [0.1, 0.15) is 22.8 Å². The van der Waals surface area contributed by atoms with Crippen molar-refractivity contribution in [3.05, 3.63) is 65.7 Å². The molecule has 0 heterocycles. The maximum atomic E-state index is 11.7. The maximum absolute atomic E-state index is 11.7. The van der Waals surface area contributed by atoms with E-state index < -0.39 is 0 Å². The standard InChI is InChI=1S/C17H18N2O2S/c1-2-21-16(20)14-9-6-10-15(11-14)19-17(22)18-12-13-7-4-3-5-8-13/h3-11H,2,12H2,1H3,(H2,18,19,22). The summed E-state index contributed by atoms with van der Waals surface area (Å²) in [4.78, 5) is 11.7. The van der Waals surface area contributed by atoms with Gasteiger partial charge in [0.25, 0.3) is 0 Å². The largest absolute Gasteiger partial charge is 0.462 e. The molecule has 2 aromatic carbocycles. The third-order valence-corrected chi connectivity index (χ3v) is 3.17. The molecule has 22 heavy (non-hydrogen) atoms. The van der Waals surface area contributed by atoms with Crippen LogP contribution in [0.3, 0.4) is 0 Å². The second-order valence-corrected chi connectivity index (χ2v) is 5.00. The number of hydrogen-bond acceptors (Lipinski definition) is 3. The van der Waals surface area contributed by atoms with E-state index in [1.165, 1.54) is 0 Å². The van der Waals surface area contributed by atoms with Crippen molar-refractivity contribution in [2.24, 2.45) is 0 Å². The molecule has 0 fully saturated rings. The first-order valence-corrected chi connectivity index (χ1v) is 7.46. The zero-order valence-corrected chi connectivity index (χ0v) is 13.2. The van der Waals surface area contributed by atoms with Crippen LogP contribution in [0.15, 0.2) is 54.6 Å². The van der Waals surface area contributed by atoms with Crippen LogP contribution in [-0.4, -0.2) is 17.7 Å². The Morgan fingerprint density at radius 3 is 2.64 bits per heavy atom. The molecular formula is C17H18N2O2S. The molecule has 0 aliphatic carbocycles. The topological polar surface area (TPSA) is 50.4 Å². The summed E-state index contributed by atoms with van der Waals surface area (Å²) < 4.78 is 4.98. The van der Waals surface area contributed by atoms with Gasteiger partial charge in [-0.25, -0.2) is 4.79 Å². The van der Waals surface area contributed by atoms with Crippen molar-refractivity contribution >= 4 is 29.0 Å². The Morgan fingerprint density at radius 2 is 1.91 bits per heavy atom. The zero-order valence-electron chi connectivity index (χ0n) is 12.3. The number of benzene rings is 2. The minimum absolute atomic E-state index is 0.339. The Morgan fingerprint density at radius 1 is 1.14 bits per heavy atom. The SMILES string of the molecule is CCOC(=O)c1cccc(NC(=S)NCc2ccccc2)c1. The van der Waals surface area contributed by atoms with Gasteiger partial charge in [-0.3, -0.25) is 0 Å². The van der Waals surface area contributed by atoms with Crippen LogP contribution >= 0.6 is 12.2 Å². The van der Waals surface area contributed by atoms with Gasteiger partial charge in [-0.05, 0) is 42.9 Å². The summed E-state index contributed by atoms with van der Waals surface area (Å²) in [6.45, 7) is 2.78. The van der Waals surface area contributed by atoms with Crippen LogP contribution in [0.2, 0.25) is 0 Å². The zero-order chi connectivity index (χ0) is 15.8. The fraction of sp³-hybridized carbons (Fsp3) is 0.176. The van der Waals surface area contributed by atoms with Crippen LogP contribution in [0.25, 0.3) is 0 Å². The first-order chi connectivity index (χ1) is 10.7. The molecule has 0 aliphatic rings. The van der Waals surface area contributed by atoms with Crippen LogP contribution in [0.4, 0.5) is 5.69 Å². The lowest BCUT2D eigenvalue weighted by molar-refractivity contribution is 0.0526. The van der Waals surface area contributed by atoms with E-state index in [9.17, 15) is 4.79 Å².